The van der Waals surface area contributed by atoms with Gasteiger partial charge in [-0.2, -0.15) is 0 Å². The number of carbonyl (C=O) groups excluding carboxylic acids is 1. The van der Waals surface area contributed by atoms with E-state index in [2.05, 4.69) is 32.7 Å². The number of nitrogens with one attached hydrogen (secondary N) is 1. The Labute approximate surface area is 138 Å². The zero-order valence-corrected chi connectivity index (χ0v) is 14.6. The summed E-state index contributed by atoms with van der Waals surface area (Å²) in [4.78, 5) is 13.6. The van der Waals surface area contributed by atoms with E-state index in [-0.39, 0.29) is 11.3 Å². The van der Waals surface area contributed by atoms with E-state index in [1.807, 2.05) is 6.07 Å². The second-order valence-electron chi connectivity index (χ2n) is 7.64. The van der Waals surface area contributed by atoms with Crippen LogP contribution in [0.3, 0.4) is 0 Å². The first kappa shape index (κ1) is 14.3. The molecule has 4 saturated carbocycles. The third-order valence-electron chi connectivity index (χ3n) is 5.69. The van der Waals surface area contributed by atoms with Gasteiger partial charge in [-0.15, -0.1) is 11.3 Å². The lowest BCUT2D eigenvalue weighted by atomic mass is 9.48. The molecule has 0 aliphatic heterocycles. The van der Waals surface area contributed by atoms with E-state index in [4.69, 9.17) is 0 Å². The average molecular weight is 368 g/mol. The molecule has 0 unspecified atom stereocenters. The lowest BCUT2D eigenvalue weighted by Crippen LogP contribution is -2.54. The lowest BCUT2D eigenvalue weighted by molar-refractivity contribution is -0.128. The third kappa shape index (κ3) is 2.81. The average Bonchev–Trinajstić information content (AvgIpc) is 2.85. The molecule has 114 valence electrons. The van der Waals surface area contributed by atoms with Gasteiger partial charge >= 0.3 is 0 Å². The number of carbonyl (C=O) groups is 1. The number of alkyl halides is 1. The third-order valence-corrected chi connectivity index (χ3v) is 7.49. The van der Waals surface area contributed by atoms with Gasteiger partial charge in [0.05, 0.1) is 6.54 Å². The minimum Gasteiger partial charge on any atom is -0.351 e. The van der Waals surface area contributed by atoms with Crippen LogP contribution < -0.4 is 5.32 Å². The number of halogens is 1. The molecule has 4 heteroatoms. The second-order valence-corrected chi connectivity index (χ2v) is 10.4. The van der Waals surface area contributed by atoms with Gasteiger partial charge in [0.1, 0.15) is 0 Å². The van der Waals surface area contributed by atoms with Gasteiger partial charge in [-0.25, -0.2) is 0 Å². The van der Waals surface area contributed by atoms with Crippen LogP contribution in [0.25, 0.3) is 0 Å². The van der Waals surface area contributed by atoms with Gasteiger partial charge in [-0.3, -0.25) is 4.79 Å². The number of thiophene rings is 1. The summed E-state index contributed by atoms with van der Waals surface area (Å²) >= 11 is 5.73. The smallest absolute Gasteiger partial charge is 0.220 e. The normalized spacial score (nSPS) is 40.4. The van der Waals surface area contributed by atoms with Gasteiger partial charge in [0.25, 0.3) is 0 Å². The van der Waals surface area contributed by atoms with Crippen LogP contribution in [0, 0.1) is 17.3 Å². The highest BCUT2D eigenvalue weighted by molar-refractivity contribution is 9.10. The van der Waals surface area contributed by atoms with Crippen molar-refractivity contribution in [2.24, 2.45) is 17.3 Å². The van der Waals surface area contributed by atoms with E-state index < -0.39 is 0 Å². The van der Waals surface area contributed by atoms with E-state index in [1.54, 1.807) is 11.3 Å². The molecule has 5 rings (SSSR count). The van der Waals surface area contributed by atoms with Gasteiger partial charge < -0.3 is 5.32 Å². The van der Waals surface area contributed by atoms with E-state index >= 15 is 0 Å². The molecule has 1 aromatic rings. The summed E-state index contributed by atoms with van der Waals surface area (Å²) in [6.45, 7) is 0.693. The molecule has 4 fully saturated rings. The van der Waals surface area contributed by atoms with Crippen molar-refractivity contribution < 1.29 is 4.79 Å². The zero-order chi connectivity index (χ0) is 14.5. The zero-order valence-electron chi connectivity index (χ0n) is 12.2. The summed E-state index contributed by atoms with van der Waals surface area (Å²) in [5, 5.41) is 5.19. The Morgan fingerprint density at radius 3 is 2.71 bits per heavy atom. The first-order valence-electron chi connectivity index (χ1n) is 8.02. The molecule has 4 aliphatic carbocycles. The standard InChI is InChI=1S/C17H22BrNOS/c18-17-7-12-4-13(8-17)6-16(5-12,11-17)9-15(20)19-10-14-2-1-3-21-14/h1-3,12-13H,4-11H2,(H,19,20)/t12-,13-,16?,17?/m1/s1. The molecule has 2 atom stereocenters. The van der Waals surface area contributed by atoms with Crippen LogP contribution in [0.5, 0.6) is 0 Å². The molecule has 21 heavy (non-hydrogen) atoms. The highest BCUT2D eigenvalue weighted by atomic mass is 79.9. The summed E-state index contributed by atoms with van der Waals surface area (Å²) in [5.74, 6) is 1.97. The second kappa shape index (κ2) is 5.09. The van der Waals surface area contributed by atoms with Gasteiger partial charge in [0.15, 0.2) is 0 Å². The first-order chi connectivity index (χ1) is 10.0. The highest BCUT2D eigenvalue weighted by Gasteiger charge is 2.57. The molecule has 1 aromatic heterocycles. The molecule has 1 N–H and O–H groups in total. The predicted molar refractivity (Wildman–Crippen MR) is 89.6 cm³/mol. The molecule has 0 spiro atoms. The lowest BCUT2D eigenvalue weighted by Gasteiger charge is -2.60. The van der Waals surface area contributed by atoms with E-state index in [9.17, 15) is 4.79 Å². The number of rotatable bonds is 4. The minimum absolute atomic E-state index is 0.251. The van der Waals surface area contributed by atoms with Crippen LogP contribution in [0.15, 0.2) is 17.5 Å². The molecular weight excluding hydrogens is 346 g/mol. The maximum Gasteiger partial charge on any atom is 0.220 e. The molecule has 4 aliphatic rings. The predicted octanol–water partition coefficient (Wildman–Crippen LogP) is 4.49. The van der Waals surface area contributed by atoms with Gasteiger partial charge in [-0.1, -0.05) is 22.0 Å². The molecule has 4 bridgehead atoms. The molecular formula is C17H22BrNOS. The molecule has 0 radical (unpaired) electrons. The van der Waals surface area contributed by atoms with Crippen LogP contribution in [-0.4, -0.2) is 10.2 Å². The SMILES string of the molecule is O=C(CC12C[C@H]3C[C@@H](CC(Br)(C3)C1)C2)NCc1cccs1. The van der Waals surface area contributed by atoms with Crippen molar-refractivity contribution in [3.05, 3.63) is 22.4 Å². The summed E-state index contributed by atoms with van der Waals surface area (Å²) in [5.41, 5.74) is 0.285. The van der Waals surface area contributed by atoms with Gasteiger partial charge in [0.2, 0.25) is 5.91 Å². The van der Waals surface area contributed by atoms with Crippen LogP contribution in [0.4, 0.5) is 0 Å². The summed E-state index contributed by atoms with van der Waals surface area (Å²) in [6, 6.07) is 4.13. The number of hydrogen-bond donors (Lipinski definition) is 1. The maximum atomic E-state index is 12.4. The fraction of sp³-hybridized carbons (Fsp3) is 0.706. The maximum absolute atomic E-state index is 12.4. The number of amides is 1. The van der Waals surface area contributed by atoms with Crippen molar-refractivity contribution >= 4 is 33.2 Å². The molecule has 0 saturated heterocycles. The van der Waals surface area contributed by atoms with Crippen molar-refractivity contribution in [1.82, 2.24) is 5.32 Å². The minimum atomic E-state index is 0.251. The number of hydrogen-bond acceptors (Lipinski definition) is 2. The van der Waals surface area contributed by atoms with Crippen molar-refractivity contribution in [1.29, 1.82) is 0 Å². The van der Waals surface area contributed by atoms with Crippen LogP contribution >= 0.6 is 27.3 Å². The van der Waals surface area contributed by atoms with Crippen LogP contribution in [-0.2, 0) is 11.3 Å². The first-order valence-corrected chi connectivity index (χ1v) is 9.70. The summed E-state index contributed by atoms with van der Waals surface area (Å²) in [7, 11) is 0. The van der Waals surface area contributed by atoms with Gasteiger partial charge in [0, 0.05) is 15.6 Å². The summed E-state index contributed by atoms with van der Waals surface area (Å²) < 4.78 is 0.352. The fourth-order valence-corrected chi connectivity index (χ4v) is 7.70. The Balaban J connectivity index is 1.41. The van der Waals surface area contributed by atoms with Crippen molar-refractivity contribution in [3.8, 4) is 0 Å². The Kier molecular flexibility index (Phi) is 3.45. The Hall–Kier alpha value is -0.350. The van der Waals surface area contributed by atoms with E-state index in [1.165, 1.54) is 43.4 Å². The molecule has 0 aromatic carbocycles. The Bertz CT molecular complexity index is 527. The fourth-order valence-electron chi connectivity index (χ4n) is 5.54. The van der Waals surface area contributed by atoms with Crippen LogP contribution in [0.1, 0.15) is 49.8 Å². The van der Waals surface area contributed by atoms with E-state index in [0.29, 0.717) is 10.9 Å². The highest BCUT2D eigenvalue weighted by Crippen LogP contribution is 2.65. The quantitative estimate of drug-likeness (QED) is 0.780. The Morgan fingerprint density at radius 2 is 2.10 bits per heavy atom. The summed E-state index contributed by atoms with van der Waals surface area (Å²) in [6.07, 6.45) is 8.58. The van der Waals surface area contributed by atoms with Crippen LogP contribution in [0.2, 0.25) is 0 Å². The van der Waals surface area contributed by atoms with Crippen molar-refractivity contribution in [3.63, 3.8) is 0 Å². The van der Waals surface area contributed by atoms with E-state index in [0.717, 1.165) is 18.3 Å². The van der Waals surface area contributed by atoms with Gasteiger partial charge in [-0.05, 0) is 67.2 Å². The largest absolute Gasteiger partial charge is 0.351 e. The molecule has 1 amide bonds. The van der Waals surface area contributed by atoms with Crippen molar-refractivity contribution in [2.75, 3.05) is 0 Å². The monoisotopic (exact) mass is 367 g/mol. The molecule has 1 heterocycles. The Morgan fingerprint density at radius 1 is 1.33 bits per heavy atom. The molecule has 2 nitrogen and oxygen atoms in total. The topological polar surface area (TPSA) is 29.1 Å². The van der Waals surface area contributed by atoms with Crippen molar-refractivity contribution in [2.45, 2.75) is 55.8 Å².